The van der Waals surface area contributed by atoms with Crippen molar-refractivity contribution in [3.8, 4) is 0 Å². The van der Waals surface area contributed by atoms with Gasteiger partial charge in [-0.05, 0) is 44.0 Å². The fourth-order valence-electron chi connectivity index (χ4n) is 1.72. The quantitative estimate of drug-likeness (QED) is 0.837. The van der Waals surface area contributed by atoms with Gasteiger partial charge in [0.15, 0.2) is 0 Å². The van der Waals surface area contributed by atoms with Gasteiger partial charge in [0.05, 0.1) is 0 Å². The van der Waals surface area contributed by atoms with Crippen LogP contribution in [0.2, 0.25) is 5.02 Å². The molecule has 2 atom stereocenters. The van der Waals surface area contributed by atoms with Gasteiger partial charge in [0.2, 0.25) is 0 Å². The number of rotatable bonds is 4. The Labute approximate surface area is 116 Å². The zero-order valence-corrected chi connectivity index (χ0v) is 12.6. The summed E-state index contributed by atoms with van der Waals surface area (Å²) >= 11 is 9.40. The van der Waals surface area contributed by atoms with Crippen LogP contribution in [-0.2, 0) is 0 Å². The molecule has 0 bridgehead atoms. The number of alkyl halides is 1. The van der Waals surface area contributed by atoms with Gasteiger partial charge < -0.3 is 5.32 Å². The van der Waals surface area contributed by atoms with Gasteiger partial charge in [0.25, 0.3) is 5.91 Å². The maximum absolute atomic E-state index is 12.0. The first kappa shape index (κ1) is 14.5. The van der Waals surface area contributed by atoms with E-state index < -0.39 is 0 Å². The fourth-order valence-corrected chi connectivity index (χ4v) is 2.57. The lowest BCUT2D eigenvalue weighted by Crippen LogP contribution is -2.33. The van der Waals surface area contributed by atoms with E-state index in [-0.39, 0.29) is 11.9 Å². The number of aryl methyl sites for hydroxylation is 1. The summed E-state index contributed by atoms with van der Waals surface area (Å²) in [5.41, 5.74) is 1.60. The number of halogens is 2. The fraction of sp³-hybridized carbons (Fsp3) is 0.462. The van der Waals surface area contributed by atoms with Gasteiger partial charge in [-0.15, -0.1) is 0 Å². The highest BCUT2D eigenvalue weighted by molar-refractivity contribution is 9.09. The van der Waals surface area contributed by atoms with Crippen molar-refractivity contribution in [2.75, 3.05) is 0 Å². The average Bonchev–Trinajstić information content (AvgIpc) is 2.14. The molecule has 2 nitrogen and oxygen atoms in total. The Hall–Kier alpha value is -0.540. The molecule has 0 heterocycles. The molecular weight excluding hydrogens is 302 g/mol. The van der Waals surface area contributed by atoms with Crippen LogP contribution in [0.4, 0.5) is 0 Å². The van der Waals surface area contributed by atoms with E-state index in [2.05, 4.69) is 28.2 Å². The molecule has 0 aliphatic carbocycles. The molecule has 0 aliphatic heterocycles. The summed E-state index contributed by atoms with van der Waals surface area (Å²) in [4.78, 5) is 12.3. The second-order valence-corrected chi connectivity index (χ2v) is 6.41. The first-order valence-electron chi connectivity index (χ1n) is 5.60. The van der Waals surface area contributed by atoms with Crippen LogP contribution in [0, 0.1) is 6.92 Å². The predicted molar refractivity (Wildman–Crippen MR) is 76.1 cm³/mol. The average molecular weight is 319 g/mol. The van der Waals surface area contributed by atoms with Crippen LogP contribution < -0.4 is 5.32 Å². The number of hydrogen-bond acceptors (Lipinski definition) is 1. The van der Waals surface area contributed by atoms with E-state index in [1.165, 1.54) is 0 Å². The molecule has 0 fully saturated rings. The van der Waals surface area contributed by atoms with Crippen molar-refractivity contribution in [3.63, 3.8) is 0 Å². The molecule has 0 saturated heterocycles. The maximum Gasteiger partial charge on any atom is 0.251 e. The van der Waals surface area contributed by atoms with Gasteiger partial charge in [-0.25, -0.2) is 0 Å². The Morgan fingerprint density at radius 3 is 2.59 bits per heavy atom. The molecular formula is C13H17BrClNO. The third-order valence-electron chi connectivity index (χ3n) is 2.36. The van der Waals surface area contributed by atoms with E-state index in [1.54, 1.807) is 6.07 Å². The highest BCUT2D eigenvalue weighted by atomic mass is 79.9. The summed E-state index contributed by atoms with van der Waals surface area (Å²) < 4.78 is 0. The van der Waals surface area contributed by atoms with E-state index in [4.69, 9.17) is 11.6 Å². The Morgan fingerprint density at radius 1 is 1.41 bits per heavy atom. The molecule has 17 heavy (non-hydrogen) atoms. The molecule has 0 spiro atoms. The Morgan fingerprint density at radius 2 is 2.06 bits per heavy atom. The van der Waals surface area contributed by atoms with Crippen molar-refractivity contribution in [2.24, 2.45) is 0 Å². The molecule has 1 aromatic carbocycles. The maximum atomic E-state index is 12.0. The molecule has 0 aromatic heterocycles. The van der Waals surface area contributed by atoms with E-state index >= 15 is 0 Å². The molecule has 0 saturated carbocycles. The topological polar surface area (TPSA) is 29.1 Å². The van der Waals surface area contributed by atoms with Crippen LogP contribution >= 0.6 is 27.5 Å². The van der Waals surface area contributed by atoms with E-state index in [9.17, 15) is 4.79 Å². The number of benzene rings is 1. The van der Waals surface area contributed by atoms with Gasteiger partial charge in [-0.2, -0.15) is 0 Å². The van der Waals surface area contributed by atoms with Crippen molar-refractivity contribution in [3.05, 3.63) is 34.3 Å². The molecule has 1 rings (SSSR count). The molecule has 1 aromatic rings. The lowest BCUT2D eigenvalue weighted by Gasteiger charge is -2.15. The number of hydrogen-bond donors (Lipinski definition) is 1. The van der Waals surface area contributed by atoms with E-state index in [0.29, 0.717) is 15.4 Å². The second kappa shape index (κ2) is 6.41. The van der Waals surface area contributed by atoms with Gasteiger partial charge in [-0.1, -0.05) is 34.5 Å². The van der Waals surface area contributed by atoms with Crippen molar-refractivity contribution < 1.29 is 4.79 Å². The van der Waals surface area contributed by atoms with Crippen LogP contribution in [0.1, 0.15) is 36.2 Å². The first-order chi connectivity index (χ1) is 7.88. The summed E-state index contributed by atoms with van der Waals surface area (Å²) in [5, 5.41) is 3.55. The Kier molecular flexibility index (Phi) is 5.47. The Balaban J connectivity index is 2.69. The summed E-state index contributed by atoms with van der Waals surface area (Å²) in [6.07, 6.45) is 0.894. The van der Waals surface area contributed by atoms with Crippen molar-refractivity contribution in [2.45, 2.75) is 38.1 Å². The SMILES string of the molecule is Cc1cc(Cl)cc(C(=O)NC(C)CC(C)Br)c1. The number of amides is 1. The zero-order chi connectivity index (χ0) is 13.0. The summed E-state index contributed by atoms with van der Waals surface area (Å²) in [6, 6.07) is 5.50. The van der Waals surface area contributed by atoms with Crippen LogP contribution in [0.15, 0.2) is 18.2 Å². The minimum absolute atomic E-state index is 0.0729. The predicted octanol–water partition coefficient (Wildman–Crippen LogP) is 3.94. The van der Waals surface area contributed by atoms with Gasteiger partial charge in [-0.3, -0.25) is 4.79 Å². The lowest BCUT2D eigenvalue weighted by atomic mass is 10.1. The monoisotopic (exact) mass is 317 g/mol. The van der Waals surface area contributed by atoms with Crippen LogP contribution in [-0.4, -0.2) is 16.8 Å². The summed E-state index contributed by atoms with van der Waals surface area (Å²) in [6.45, 7) is 5.98. The molecule has 4 heteroatoms. The lowest BCUT2D eigenvalue weighted by molar-refractivity contribution is 0.0938. The van der Waals surface area contributed by atoms with Crippen LogP contribution in [0.3, 0.4) is 0 Å². The normalized spacial score (nSPS) is 14.2. The molecule has 0 radical (unpaired) electrons. The standard InChI is InChI=1S/C13H17BrClNO/c1-8-4-11(7-12(15)5-8)13(17)16-10(3)6-9(2)14/h4-5,7,9-10H,6H2,1-3H3,(H,16,17). The Bertz CT molecular complexity index is 386. The summed E-state index contributed by atoms with van der Waals surface area (Å²) in [7, 11) is 0. The molecule has 0 aliphatic rings. The van der Waals surface area contributed by atoms with E-state index in [0.717, 1.165) is 12.0 Å². The second-order valence-electron chi connectivity index (χ2n) is 4.41. The van der Waals surface area contributed by atoms with Crippen LogP contribution in [0.25, 0.3) is 0 Å². The molecule has 1 amide bonds. The minimum Gasteiger partial charge on any atom is -0.350 e. The summed E-state index contributed by atoms with van der Waals surface area (Å²) in [5.74, 6) is -0.0729. The number of carbonyl (C=O) groups excluding carboxylic acids is 1. The van der Waals surface area contributed by atoms with Crippen molar-refractivity contribution in [1.82, 2.24) is 5.32 Å². The van der Waals surface area contributed by atoms with Crippen molar-refractivity contribution in [1.29, 1.82) is 0 Å². The molecule has 1 N–H and O–H groups in total. The zero-order valence-electron chi connectivity index (χ0n) is 10.3. The van der Waals surface area contributed by atoms with Crippen LogP contribution in [0.5, 0.6) is 0 Å². The van der Waals surface area contributed by atoms with Crippen molar-refractivity contribution >= 4 is 33.4 Å². The first-order valence-corrected chi connectivity index (χ1v) is 6.90. The third-order valence-corrected chi connectivity index (χ3v) is 2.95. The largest absolute Gasteiger partial charge is 0.350 e. The van der Waals surface area contributed by atoms with Gasteiger partial charge in [0, 0.05) is 21.5 Å². The highest BCUT2D eigenvalue weighted by Gasteiger charge is 2.12. The highest BCUT2D eigenvalue weighted by Crippen LogP contribution is 2.15. The third kappa shape index (κ3) is 5.09. The molecule has 94 valence electrons. The minimum atomic E-state index is -0.0729. The number of nitrogens with one attached hydrogen (secondary N) is 1. The smallest absolute Gasteiger partial charge is 0.251 e. The number of carbonyl (C=O) groups is 1. The molecule has 2 unspecified atom stereocenters. The van der Waals surface area contributed by atoms with Gasteiger partial charge >= 0.3 is 0 Å². The van der Waals surface area contributed by atoms with Gasteiger partial charge in [0.1, 0.15) is 0 Å². The van der Waals surface area contributed by atoms with E-state index in [1.807, 2.05) is 26.0 Å².